The third-order valence-corrected chi connectivity index (χ3v) is 2.53. The monoisotopic (exact) mass is 237 g/mol. The van der Waals surface area contributed by atoms with Gasteiger partial charge in [0.1, 0.15) is 0 Å². The van der Waals surface area contributed by atoms with E-state index in [1.807, 2.05) is 31.2 Å². The molecule has 0 saturated carbocycles. The van der Waals surface area contributed by atoms with Crippen molar-refractivity contribution in [2.45, 2.75) is 25.8 Å². The average molecular weight is 237 g/mol. The van der Waals surface area contributed by atoms with Gasteiger partial charge in [-0.25, -0.2) is 0 Å². The van der Waals surface area contributed by atoms with E-state index in [4.69, 9.17) is 10.2 Å². The van der Waals surface area contributed by atoms with E-state index in [2.05, 4.69) is 5.32 Å². The maximum atomic E-state index is 11.5. The normalized spacial score (nSPS) is 10.6. The van der Waals surface area contributed by atoms with Crippen molar-refractivity contribution in [2.75, 3.05) is 13.2 Å². The van der Waals surface area contributed by atoms with E-state index in [9.17, 15) is 4.79 Å². The largest absolute Gasteiger partial charge is 0.394 e. The number of hydrogen-bond donors (Lipinski definition) is 3. The van der Waals surface area contributed by atoms with Gasteiger partial charge in [0.05, 0.1) is 19.3 Å². The summed E-state index contributed by atoms with van der Waals surface area (Å²) in [6, 6.07) is 7.45. The summed E-state index contributed by atoms with van der Waals surface area (Å²) < 4.78 is 0. The number of hydrogen-bond acceptors (Lipinski definition) is 3. The highest BCUT2D eigenvalue weighted by Gasteiger charge is 2.09. The first-order chi connectivity index (χ1) is 8.15. The van der Waals surface area contributed by atoms with E-state index in [1.54, 1.807) is 0 Å². The summed E-state index contributed by atoms with van der Waals surface area (Å²) in [6.07, 6.45) is 1.02. The minimum atomic E-state index is -0.556. The summed E-state index contributed by atoms with van der Waals surface area (Å²) in [5.74, 6) is -0.153. The molecule has 0 spiro atoms. The molecule has 0 bridgehead atoms. The van der Waals surface area contributed by atoms with Gasteiger partial charge in [0.2, 0.25) is 5.91 Å². The Morgan fingerprint density at radius 1 is 1.35 bits per heavy atom. The predicted octanol–water partition coefficient (Wildman–Crippen LogP) is 0.397. The summed E-state index contributed by atoms with van der Waals surface area (Å²) in [6.45, 7) is 1.52. The maximum absolute atomic E-state index is 11.5. The second-order valence-corrected chi connectivity index (χ2v) is 4.12. The van der Waals surface area contributed by atoms with Crippen molar-refractivity contribution < 1.29 is 15.0 Å². The van der Waals surface area contributed by atoms with E-state index in [-0.39, 0.29) is 19.1 Å². The van der Waals surface area contributed by atoms with Crippen molar-refractivity contribution in [1.82, 2.24) is 5.32 Å². The molecule has 0 saturated heterocycles. The number of rotatable bonds is 6. The molecular formula is C13H19NO3. The number of aliphatic hydroxyl groups is 2. The molecule has 0 fully saturated rings. The molecule has 0 aliphatic rings. The van der Waals surface area contributed by atoms with Crippen LogP contribution in [0.25, 0.3) is 0 Å². The highest BCUT2D eigenvalue weighted by atomic mass is 16.3. The Morgan fingerprint density at radius 3 is 2.65 bits per heavy atom. The Hall–Kier alpha value is -1.39. The maximum Gasteiger partial charge on any atom is 0.220 e. The van der Waals surface area contributed by atoms with Crippen LogP contribution in [0.1, 0.15) is 17.5 Å². The van der Waals surface area contributed by atoms with E-state index in [0.717, 1.165) is 5.56 Å². The zero-order valence-corrected chi connectivity index (χ0v) is 10.0. The summed E-state index contributed by atoms with van der Waals surface area (Å²) in [5, 5.41) is 20.2. The van der Waals surface area contributed by atoms with Gasteiger partial charge in [-0.1, -0.05) is 29.8 Å². The smallest absolute Gasteiger partial charge is 0.220 e. The molecule has 1 rings (SSSR count). The zero-order chi connectivity index (χ0) is 12.7. The standard InChI is InChI=1S/C13H19NO3/c1-10-3-2-4-11(7-10)5-6-13(17)14-12(8-15)9-16/h2-4,7,12,15-16H,5-6,8-9H2,1H3,(H,14,17). The quantitative estimate of drug-likeness (QED) is 0.670. The van der Waals surface area contributed by atoms with Crippen molar-refractivity contribution >= 4 is 5.91 Å². The summed E-state index contributed by atoms with van der Waals surface area (Å²) in [7, 11) is 0. The van der Waals surface area contributed by atoms with Crippen LogP contribution in [0.4, 0.5) is 0 Å². The molecule has 94 valence electrons. The molecule has 17 heavy (non-hydrogen) atoms. The molecule has 0 aromatic heterocycles. The van der Waals surface area contributed by atoms with Gasteiger partial charge in [-0.3, -0.25) is 4.79 Å². The first-order valence-corrected chi connectivity index (χ1v) is 5.72. The molecule has 4 heteroatoms. The minimum absolute atomic E-state index is 0.153. The topological polar surface area (TPSA) is 69.6 Å². The van der Waals surface area contributed by atoms with Crippen LogP contribution in [0.2, 0.25) is 0 Å². The zero-order valence-electron chi connectivity index (χ0n) is 10.0. The summed E-state index contributed by atoms with van der Waals surface area (Å²) in [4.78, 5) is 11.5. The fourth-order valence-electron chi connectivity index (χ4n) is 1.57. The van der Waals surface area contributed by atoms with Crippen molar-refractivity contribution in [3.05, 3.63) is 35.4 Å². The molecule has 1 amide bonds. The van der Waals surface area contributed by atoms with Crippen LogP contribution in [0.5, 0.6) is 0 Å². The number of aryl methyl sites for hydroxylation is 2. The Labute approximate surface area is 101 Å². The number of nitrogens with one attached hydrogen (secondary N) is 1. The third kappa shape index (κ3) is 4.97. The lowest BCUT2D eigenvalue weighted by atomic mass is 10.1. The van der Waals surface area contributed by atoms with Gasteiger partial charge in [0, 0.05) is 6.42 Å². The van der Waals surface area contributed by atoms with Crippen LogP contribution in [-0.2, 0) is 11.2 Å². The first kappa shape index (κ1) is 13.7. The van der Waals surface area contributed by atoms with Gasteiger partial charge in [-0.2, -0.15) is 0 Å². The van der Waals surface area contributed by atoms with E-state index < -0.39 is 6.04 Å². The van der Waals surface area contributed by atoms with Crippen molar-refractivity contribution in [2.24, 2.45) is 0 Å². The molecule has 4 nitrogen and oxygen atoms in total. The Morgan fingerprint density at radius 2 is 2.06 bits per heavy atom. The molecule has 1 aromatic carbocycles. The van der Waals surface area contributed by atoms with Gasteiger partial charge in [-0.15, -0.1) is 0 Å². The van der Waals surface area contributed by atoms with Gasteiger partial charge < -0.3 is 15.5 Å². The molecule has 0 radical (unpaired) electrons. The number of amides is 1. The highest BCUT2D eigenvalue weighted by molar-refractivity contribution is 5.76. The van der Waals surface area contributed by atoms with Crippen LogP contribution in [-0.4, -0.2) is 35.4 Å². The lowest BCUT2D eigenvalue weighted by Crippen LogP contribution is -2.40. The minimum Gasteiger partial charge on any atom is -0.394 e. The van der Waals surface area contributed by atoms with Gasteiger partial charge in [-0.05, 0) is 18.9 Å². The SMILES string of the molecule is Cc1cccc(CCC(=O)NC(CO)CO)c1. The van der Waals surface area contributed by atoms with Crippen molar-refractivity contribution in [3.8, 4) is 0 Å². The van der Waals surface area contributed by atoms with Crippen LogP contribution < -0.4 is 5.32 Å². The average Bonchev–Trinajstić information content (AvgIpc) is 2.33. The predicted molar refractivity (Wildman–Crippen MR) is 65.6 cm³/mol. The first-order valence-electron chi connectivity index (χ1n) is 5.72. The van der Waals surface area contributed by atoms with Gasteiger partial charge in [0.15, 0.2) is 0 Å². The van der Waals surface area contributed by atoms with Crippen molar-refractivity contribution in [3.63, 3.8) is 0 Å². The fourth-order valence-corrected chi connectivity index (χ4v) is 1.57. The Balaban J connectivity index is 2.38. The van der Waals surface area contributed by atoms with E-state index >= 15 is 0 Å². The molecule has 1 aromatic rings. The van der Waals surface area contributed by atoms with Gasteiger partial charge in [0.25, 0.3) is 0 Å². The van der Waals surface area contributed by atoms with Crippen LogP contribution >= 0.6 is 0 Å². The number of aliphatic hydroxyl groups excluding tert-OH is 2. The number of carbonyl (C=O) groups is 1. The van der Waals surface area contributed by atoms with E-state index in [1.165, 1.54) is 5.56 Å². The molecule has 3 N–H and O–H groups in total. The Bertz CT molecular complexity index is 361. The van der Waals surface area contributed by atoms with Crippen molar-refractivity contribution in [1.29, 1.82) is 0 Å². The summed E-state index contributed by atoms with van der Waals surface area (Å²) in [5.41, 5.74) is 2.29. The second kappa shape index (κ2) is 7.04. The molecular weight excluding hydrogens is 218 g/mol. The van der Waals surface area contributed by atoms with E-state index in [0.29, 0.717) is 12.8 Å². The lowest BCUT2D eigenvalue weighted by molar-refractivity contribution is -0.122. The van der Waals surface area contributed by atoms with Crippen LogP contribution in [0, 0.1) is 6.92 Å². The molecule has 0 unspecified atom stereocenters. The molecule has 0 atom stereocenters. The fraction of sp³-hybridized carbons (Fsp3) is 0.462. The highest BCUT2D eigenvalue weighted by Crippen LogP contribution is 2.06. The third-order valence-electron chi connectivity index (χ3n) is 2.53. The molecule has 0 aliphatic heterocycles. The summed E-state index contributed by atoms with van der Waals surface area (Å²) >= 11 is 0. The number of carbonyl (C=O) groups excluding carboxylic acids is 1. The lowest BCUT2D eigenvalue weighted by Gasteiger charge is -2.13. The molecule has 0 aliphatic carbocycles. The molecule has 0 heterocycles. The van der Waals surface area contributed by atoms with Crippen LogP contribution in [0.15, 0.2) is 24.3 Å². The van der Waals surface area contributed by atoms with Gasteiger partial charge >= 0.3 is 0 Å². The van der Waals surface area contributed by atoms with Crippen LogP contribution in [0.3, 0.4) is 0 Å². The Kier molecular flexibility index (Phi) is 5.66. The second-order valence-electron chi connectivity index (χ2n) is 4.12. The number of benzene rings is 1.